The Morgan fingerprint density at radius 1 is 1.15 bits per heavy atom. The molecule has 4 rings (SSSR count). The molecule has 4 nitrogen and oxygen atoms in total. The van der Waals surface area contributed by atoms with Gasteiger partial charge in [-0.25, -0.2) is 4.98 Å². The molecule has 0 radical (unpaired) electrons. The highest BCUT2D eigenvalue weighted by molar-refractivity contribution is 5.51. The second-order valence-electron chi connectivity index (χ2n) is 7.08. The van der Waals surface area contributed by atoms with Crippen molar-refractivity contribution in [2.45, 2.75) is 33.2 Å². The van der Waals surface area contributed by atoms with Crippen molar-refractivity contribution in [1.29, 1.82) is 0 Å². The molecule has 0 saturated carbocycles. The predicted molar refractivity (Wildman–Crippen MR) is 108 cm³/mol. The molecule has 0 saturated heterocycles. The number of pyridine rings is 1. The standard InChI is InChI=1S/C23H23N3O/c1-3-25-12-5-8-21-20(16-25)23(27)26-13-11-19(15-22(26)24-21)10-9-18-7-4-6-17(2)14-18/h4,6-7,11,13-15H,3,5,8,12,16H2,1-2H3. The molecule has 27 heavy (non-hydrogen) atoms. The Balaban J connectivity index is 1.75. The molecule has 0 amide bonds. The van der Waals surface area contributed by atoms with Crippen molar-refractivity contribution < 1.29 is 0 Å². The van der Waals surface area contributed by atoms with Crippen molar-refractivity contribution >= 4 is 5.65 Å². The van der Waals surface area contributed by atoms with Gasteiger partial charge in [-0.1, -0.05) is 30.9 Å². The Morgan fingerprint density at radius 2 is 1.96 bits per heavy atom. The third-order valence-electron chi connectivity index (χ3n) is 5.10. The first-order chi connectivity index (χ1) is 13.1. The topological polar surface area (TPSA) is 37.6 Å². The molecular weight excluding hydrogens is 334 g/mol. The van der Waals surface area contributed by atoms with Crippen LogP contribution in [0.4, 0.5) is 0 Å². The van der Waals surface area contributed by atoms with E-state index in [4.69, 9.17) is 4.98 Å². The number of benzene rings is 1. The monoisotopic (exact) mass is 357 g/mol. The zero-order chi connectivity index (χ0) is 18.8. The summed E-state index contributed by atoms with van der Waals surface area (Å²) in [5.74, 6) is 6.39. The van der Waals surface area contributed by atoms with Gasteiger partial charge >= 0.3 is 0 Å². The predicted octanol–water partition coefficient (Wildman–Crippen LogP) is 3.17. The number of fused-ring (bicyclic) bond motifs is 2. The second-order valence-corrected chi connectivity index (χ2v) is 7.08. The summed E-state index contributed by atoms with van der Waals surface area (Å²) in [6.07, 6.45) is 3.69. The minimum Gasteiger partial charge on any atom is -0.299 e. The lowest BCUT2D eigenvalue weighted by Crippen LogP contribution is -2.28. The molecule has 2 aromatic heterocycles. The highest BCUT2D eigenvalue weighted by Gasteiger charge is 2.19. The quantitative estimate of drug-likeness (QED) is 0.628. The normalized spacial score (nSPS) is 14.3. The lowest BCUT2D eigenvalue weighted by Gasteiger charge is -2.17. The maximum Gasteiger partial charge on any atom is 0.262 e. The summed E-state index contributed by atoms with van der Waals surface area (Å²) in [4.78, 5) is 20.1. The lowest BCUT2D eigenvalue weighted by molar-refractivity contribution is 0.283. The third-order valence-corrected chi connectivity index (χ3v) is 5.10. The van der Waals surface area contributed by atoms with E-state index in [9.17, 15) is 4.79 Å². The summed E-state index contributed by atoms with van der Waals surface area (Å²) in [6, 6.07) is 11.9. The van der Waals surface area contributed by atoms with Crippen LogP contribution in [-0.4, -0.2) is 27.4 Å². The van der Waals surface area contributed by atoms with Crippen LogP contribution in [0.1, 0.15) is 41.3 Å². The van der Waals surface area contributed by atoms with Crippen LogP contribution < -0.4 is 5.56 Å². The van der Waals surface area contributed by atoms with Crippen LogP contribution in [0.15, 0.2) is 47.4 Å². The molecule has 136 valence electrons. The summed E-state index contributed by atoms with van der Waals surface area (Å²) in [5, 5.41) is 0. The Hall–Kier alpha value is -2.90. The average molecular weight is 357 g/mol. The van der Waals surface area contributed by atoms with Crippen molar-refractivity contribution in [2.24, 2.45) is 0 Å². The van der Waals surface area contributed by atoms with Gasteiger partial charge in [0.15, 0.2) is 0 Å². The minimum absolute atomic E-state index is 0.0496. The van der Waals surface area contributed by atoms with E-state index in [1.54, 1.807) is 10.6 Å². The van der Waals surface area contributed by atoms with E-state index in [1.807, 2.05) is 24.3 Å². The number of aromatic nitrogens is 2. The molecule has 1 aliphatic rings. The molecule has 1 aliphatic heterocycles. The van der Waals surface area contributed by atoms with Crippen molar-refractivity contribution in [3.05, 3.63) is 80.9 Å². The van der Waals surface area contributed by atoms with Gasteiger partial charge in [0.2, 0.25) is 0 Å². The van der Waals surface area contributed by atoms with E-state index < -0.39 is 0 Å². The first-order valence-electron chi connectivity index (χ1n) is 9.49. The van der Waals surface area contributed by atoms with Crippen LogP contribution in [-0.2, 0) is 13.0 Å². The van der Waals surface area contributed by atoms with Gasteiger partial charge in [-0.3, -0.25) is 14.1 Å². The fraction of sp³-hybridized carbons (Fsp3) is 0.304. The van der Waals surface area contributed by atoms with E-state index in [1.165, 1.54) is 5.56 Å². The van der Waals surface area contributed by atoms with Gasteiger partial charge in [0.1, 0.15) is 5.65 Å². The molecular formula is C23H23N3O. The Kier molecular flexibility index (Phi) is 4.79. The molecule has 0 aliphatic carbocycles. The molecule has 0 spiro atoms. The molecule has 0 atom stereocenters. The van der Waals surface area contributed by atoms with Crippen molar-refractivity contribution in [2.75, 3.05) is 13.1 Å². The summed E-state index contributed by atoms with van der Waals surface area (Å²) >= 11 is 0. The fourth-order valence-electron chi connectivity index (χ4n) is 3.57. The zero-order valence-corrected chi connectivity index (χ0v) is 15.8. The Labute approximate surface area is 159 Å². The summed E-state index contributed by atoms with van der Waals surface area (Å²) in [7, 11) is 0. The first kappa shape index (κ1) is 17.5. The van der Waals surface area contributed by atoms with E-state index in [2.05, 4.69) is 42.7 Å². The fourth-order valence-corrected chi connectivity index (χ4v) is 3.57. The number of hydrogen-bond acceptors (Lipinski definition) is 3. The van der Waals surface area contributed by atoms with Crippen LogP contribution in [0.25, 0.3) is 5.65 Å². The highest BCUT2D eigenvalue weighted by Crippen LogP contribution is 2.15. The Bertz CT molecular complexity index is 1120. The van der Waals surface area contributed by atoms with Gasteiger partial charge in [-0.05, 0) is 62.7 Å². The maximum atomic E-state index is 13.0. The SMILES string of the molecule is CCN1CCCc2nc3cc(C#Cc4cccc(C)c4)ccn3c(=O)c2C1. The van der Waals surface area contributed by atoms with Crippen LogP contribution in [0.3, 0.4) is 0 Å². The third kappa shape index (κ3) is 3.65. The molecule has 4 heteroatoms. The number of rotatable bonds is 1. The van der Waals surface area contributed by atoms with Crippen molar-refractivity contribution in [1.82, 2.24) is 14.3 Å². The van der Waals surface area contributed by atoms with E-state index in [0.29, 0.717) is 12.2 Å². The van der Waals surface area contributed by atoms with Crippen LogP contribution in [0, 0.1) is 18.8 Å². The van der Waals surface area contributed by atoms with Gasteiger partial charge in [0.05, 0.1) is 11.3 Å². The van der Waals surface area contributed by atoms with Crippen molar-refractivity contribution in [3.63, 3.8) is 0 Å². The minimum atomic E-state index is 0.0496. The highest BCUT2D eigenvalue weighted by atomic mass is 16.1. The van der Waals surface area contributed by atoms with E-state index in [0.717, 1.165) is 48.3 Å². The molecule has 0 unspecified atom stereocenters. The maximum absolute atomic E-state index is 13.0. The second kappa shape index (κ2) is 7.38. The number of aryl methyl sites for hydroxylation is 2. The van der Waals surface area contributed by atoms with Crippen LogP contribution >= 0.6 is 0 Å². The Morgan fingerprint density at radius 3 is 2.74 bits per heavy atom. The van der Waals surface area contributed by atoms with Gasteiger partial charge in [-0.15, -0.1) is 0 Å². The molecule has 1 aromatic carbocycles. The van der Waals surface area contributed by atoms with Gasteiger partial charge in [0, 0.05) is 23.9 Å². The lowest BCUT2D eigenvalue weighted by atomic mass is 10.1. The zero-order valence-electron chi connectivity index (χ0n) is 15.8. The molecule has 0 bridgehead atoms. The largest absolute Gasteiger partial charge is 0.299 e. The van der Waals surface area contributed by atoms with Gasteiger partial charge in [-0.2, -0.15) is 0 Å². The van der Waals surface area contributed by atoms with Gasteiger partial charge in [0.25, 0.3) is 5.56 Å². The number of hydrogen-bond donors (Lipinski definition) is 0. The average Bonchev–Trinajstić information content (AvgIpc) is 2.89. The summed E-state index contributed by atoms with van der Waals surface area (Å²) in [6.45, 7) is 6.85. The number of nitrogens with zero attached hydrogens (tertiary/aromatic N) is 3. The summed E-state index contributed by atoms with van der Waals surface area (Å²) in [5.41, 5.74) is 5.56. The summed E-state index contributed by atoms with van der Waals surface area (Å²) < 4.78 is 1.65. The van der Waals surface area contributed by atoms with Crippen LogP contribution in [0.5, 0.6) is 0 Å². The smallest absolute Gasteiger partial charge is 0.262 e. The molecule has 0 fully saturated rings. The van der Waals surface area contributed by atoms with Crippen molar-refractivity contribution in [3.8, 4) is 11.8 Å². The van der Waals surface area contributed by atoms with Gasteiger partial charge < -0.3 is 0 Å². The molecule has 3 aromatic rings. The molecule has 0 N–H and O–H groups in total. The first-order valence-corrected chi connectivity index (χ1v) is 9.49. The van der Waals surface area contributed by atoms with E-state index >= 15 is 0 Å². The van der Waals surface area contributed by atoms with Crippen LogP contribution in [0.2, 0.25) is 0 Å². The molecule has 3 heterocycles. The van der Waals surface area contributed by atoms with E-state index in [-0.39, 0.29) is 5.56 Å².